The van der Waals surface area contributed by atoms with Crippen LogP contribution in [0.4, 0.5) is 14.5 Å². The molecule has 0 bridgehead atoms. The number of thiocarbonyl (C=S) groups is 1. The van der Waals surface area contributed by atoms with Crippen molar-refractivity contribution in [1.82, 2.24) is 4.57 Å². The lowest BCUT2D eigenvalue weighted by molar-refractivity contribution is -0.0435. The van der Waals surface area contributed by atoms with E-state index in [2.05, 4.69) is 0 Å². The highest BCUT2D eigenvalue weighted by Crippen LogP contribution is 2.44. The van der Waals surface area contributed by atoms with E-state index in [4.69, 9.17) is 35.3 Å². The number of nitrogen functional groups attached to an aromatic ring is 1. The Morgan fingerprint density at radius 1 is 1.18 bits per heavy atom. The van der Waals surface area contributed by atoms with Crippen LogP contribution in [0.2, 0.25) is 5.02 Å². The summed E-state index contributed by atoms with van der Waals surface area (Å²) in [7, 11) is 0. The smallest absolute Gasteiger partial charge is 0.248 e. The van der Waals surface area contributed by atoms with E-state index in [-0.39, 0.29) is 18.9 Å². The number of nitrogens with zero attached hydrogens (tertiary/aromatic N) is 1. The van der Waals surface area contributed by atoms with Gasteiger partial charge in [-0.05, 0) is 30.5 Å². The van der Waals surface area contributed by atoms with E-state index >= 15 is 0 Å². The topological polar surface area (TPSA) is 57.0 Å². The minimum Gasteiger partial charge on any atom is -0.397 e. The fraction of sp³-hybridized carbons (Fsp3) is 0.286. The first-order valence-electron chi connectivity index (χ1n) is 9.13. The van der Waals surface area contributed by atoms with E-state index < -0.39 is 5.92 Å². The van der Waals surface area contributed by atoms with Gasteiger partial charge < -0.3 is 16.0 Å². The average Bonchev–Trinajstić information content (AvgIpc) is 3.05. The second-order valence-corrected chi connectivity index (χ2v) is 8.16. The van der Waals surface area contributed by atoms with Gasteiger partial charge >= 0.3 is 0 Å². The fourth-order valence-electron chi connectivity index (χ4n) is 3.98. The number of nitrogens with two attached hydrogens (primary N) is 2. The molecule has 0 spiro atoms. The number of halogens is 3. The summed E-state index contributed by atoms with van der Waals surface area (Å²) in [6, 6.07) is 11.3. The molecule has 0 radical (unpaired) electrons. The van der Waals surface area contributed by atoms with Gasteiger partial charge in [0.05, 0.1) is 16.2 Å². The van der Waals surface area contributed by atoms with Crippen molar-refractivity contribution in [2.24, 2.45) is 5.73 Å². The molecule has 0 aliphatic heterocycles. The first-order valence-corrected chi connectivity index (χ1v) is 9.92. The van der Waals surface area contributed by atoms with Gasteiger partial charge in [-0.3, -0.25) is 0 Å². The molecule has 1 aromatic heterocycles. The molecule has 3 nitrogen and oxygen atoms in total. The summed E-state index contributed by atoms with van der Waals surface area (Å²) in [4.78, 5) is 0.322. The molecule has 4 N–H and O–H groups in total. The van der Waals surface area contributed by atoms with Crippen LogP contribution >= 0.6 is 23.8 Å². The molecule has 1 aliphatic rings. The fourth-order valence-corrected chi connectivity index (χ4v) is 4.37. The maximum absolute atomic E-state index is 13.7. The summed E-state index contributed by atoms with van der Waals surface area (Å²) >= 11 is 11.7. The first-order chi connectivity index (χ1) is 13.3. The van der Waals surface area contributed by atoms with Crippen LogP contribution < -0.4 is 11.5 Å². The van der Waals surface area contributed by atoms with E-state index in [1.807, 2.05) is 41.1 Å². The predicted octanol–water partition coefficient (Wildman–Crippen LogP) is 5.93. The molecular weight excluding hydrogens is 400 g/mol. The quantitative estimate of drug-likeness (QED) is 0.408. The van der Waals surface area contributed by atoms with Crippen molar-refractivity contribution in [3.63, 3.8) is 0 Å². The summed E-state index contributed by atoms with van der Waals surface area (Å²) in [5.41, 5.74) is 15.7. The minimum atomic E-state index is -2.59. The SMILES string of the molecule is NC(=S)c1cccc(-c2cn(C3CCC(F)(F)CC3)c3c(Cl)c(N)ccc23)c1. The zero-order valence-electron chi connectivity index (χ0n) is 15.1. The predicted molar refractivity (Wildman–Crippen MR) is 115 cm³/mol. The van der Waals surface area contributed by atoms with Crippen molar-refractivity contribution in [2.45, 2.75) is 37.6 Å². The Bertz CT molecular complexity index is 1070. The van der Waals surface area contributed by atoms with Crippen molar-refractivity contribution >= 4 is 45.4 Å². The Hall–Kier alpha value is -2.18. The van der Waals surface area contributed by atoms with Gasteiger partial charge in [-0.25, -0.2) is 8.78 Å². The van der Waals surface area contributed by atoms with Crippen LogP contribution in [0.25, 0.3) is 22.0 Å². The molecule has 2 aromatic carbocycles. The number of hydrogen-bond donors (Lipinski definition) is 2. The summed E-state index contributed by atoms with van der Waals surface area (Å²) in [5.74, 6) is -2.59. The zero-order valence-corrected chi connectivity index (χ0v) is 16.7. The number of fused-ring (bicyclic) bond motifs is 1. The molecule has 7 heteroatoms. The summed E-state index contributed by atoms with van der Waals surface area (Å²) in [5, 5.41) is 1.38. The molecule has 1 aliphatic carbocycles. The lowest BCUT2D eigenvalue weighted by Crippen LogP contribution is -2.26. The Kier molecular flexibility index (Phi) is 4.79. The molecule has 0 amide bonds. The maximum Gasteiger partial charge on any atom is 0.248 e. The highest BCUT2D eigenvalue weighted by Gasteiger charge is 2.36. The number of anilines is 1. The highest BCUT2D eigenvalue weighted by atomic mass is 35.5. The van der Waals surface area contributed by atoms with Crippen LogP contribution in [0, 0.1) is 0 Å². The van der Waals surface area contributed by atoms with Gasteiger partial charge in [0.15, 0.2) is 0 Å². The molecule has 0 unspecified atom stereocenters. The molecule has 1 saturated carbocycles. The van der Waals surface area contributed by atoms with Crippen LogP contribution in [-0.4, -0.2) is 15.5 Å². The number of hydrogen-bond acceptors (Lipinski definition) is 2. The van der Waals surface area contributed by atoms with Gasteiger partial charge in [-0.1, -0.05) is 48.1 Å². The molecule has 4 rings (SSSR count). The number of rotatable bonds is 3. The largest absolute Gasteiger partial charge is 0.397 e. The van der Waals surface area contributed by atoms with Crippen LogP contribution in [0.3, 0.4) is 0 Å². The lowest BCUT2D eigenvalue weighted by Gasteiger charge is -2.30. The molecule has 0 saturated heterocycles. The third kappa shape index (κ3) is 3.35. The van der Waals surface area contributed by atoms with E-state index in [9.17, 15) is 8.78 Å². The summed E-state index contributed by atoms with van der Waals surface area (Å²) in [6.45, 7) is 0. The van der Waals surface area contributed by atoms with Gasteiger partial charge in [0, 0.05) is 41.6 Å². The van der Waals surface area contributed by atoms with Crippen molar-refractivity contribution in [3.05, 3.63) is 53.2 Å². The molecule has 3 aromatic rings. The van der Waals surface area contributed by atoms with Crippen molar-refractivity contribution in [2.75, 3.05) is 5.73 Å². The summed E-state index contributed by atoms with van der Waals surface area (Å²) in [6.07, 6.45) is 2.54. The minimum absolute atomic E-state index is 0.0473. The van der Waals surface area contributed by atoms with Crippen molar-refractivity contribution in [3.8, 4) is 11.1 Å². The molecule has 1 heterocycles. The third-order valence-corrected chi connectivity index (χ3v) is 6.13. The maximum atomic E-state index is 13.7. The van der Waals surface area contributed by atoms with Crippen molar-refractivity contribution < 1.29 is 8.78 Å². The molecular formula is C21H20ClF2N3S. The Morgan fingerprint density at radius 3 is 2.57 bits per heavy atom. The van der Waals surface area contributed by atoms with Crippen LogP contribution in [-0.2, 0) is 0 Å². The highest BCUT2D eigenvalue weighted by molar-refractivity contribution is 7.80. The van der Waals surface area contributed by atoms with Gasteiger partial charge in [0.25, 0.3) is 0 Å². The lowest BCUT2D eigenvalue weighted by atomic mass is 9.92. The summed E-state index contributed by atoms with van der Waals surface area (Å²) < 4.78 is 29.3. The molecule has 0 atom stereocenters. The van der Waals surface area contributed by atoms with Crippen LogP contribution in [0.15, 0.2) is 42.6 Å². The average molecular weight is 420 g/mol. The van der Waals surface area contributed by atoms with E-state index in [1.54, 1.807) is 6.07 Å². The number of benzene rings is 2. The van der Waals surface area contributed by atoms with Gasteiger partial charge in [0.1, 0.15) is 4.99 Å². The van der Waals surface area contributed by atoms with E-state index in [1.165, 1.54) is 0 Å². The van der Waals surface area contributed by atoms with Crippen LogP contribution in [0.1, 0.15) is 37.3 Å². The molecule has 1 fully saturated rings. The van der Waals surface area contributed by atoms with Gasteiger partial charge in [-0.15, -0.1) is 0 Å². The number of aromatic nitrogens is 1. The Morgan fingerprint density at radius 2 is 1.89 bits per heavy atom. The number of alkyl halides is 2. The standard InChI is InChI=1S/C21H20ClF2N3S/c22-18-17(25)5-4-15-16(12-2-1-3-13(10-12)20(26)28)11-27(19(15)18)14-6-8-21(23,24)9-7-14/h1-5,10-11,14H,6-9,25H2,(H2,26,28). The molecule has 146 valence electrons. The Balaban J connectivity index is 1.88. The second kappa shape index (κ2) is 7.01. The van der Waals surface area contributed by atoms with Crippen LogP contribution in [0.5, 0.6) is 0 Å². The molecule has 28 heavy (non-hydrogen) atoms. The monoisotopic (exact) mass is 419 g/mol. The first kappa shape index (κ1) is 19.2. The van der Waals surface area contributed by atoms with Crippen molar-refractivity contribution in [1.29, 1.82) is 0 Å². The van der Waals surface area contributed by atoms with E-state index in [0.29, 0.717) is 28.5 Å². The van der Waals surface area contributed by atoms with Gasteiger partial charge in [-0.2, -0.15) is 0 Å². The second-order valence-electron chi connectivity index (χ2n) is 7.35. The normalized spacial score (nSPS) is 17.1. The Labute approximate surface area is 172 Å². The van der Waals surface area contributed by atoms with E-state index in [0.717, 1.165) is 27.6 Å². The zero-order chi connectivity index (χ0) is 20.1. The third-order valence-electron chi connectivity index (χ3n) is 5.50. The van der Waals surface area contributed by atoms with Gasteiger partial charge in [0.2, 0.25) is 5.92 Å².